The van der Waals surface area contributed by atoms with Gasteiger partial charge in [0.2, 0.25) is 5.88 Å². The molecule has 0 aliphatic carbocycles. The zero-order valence-electron chi connectivity index (χ0n) is 14.6. The number of ether oxygens (including phenoxy) is 1. The summed E-state index contributed by atoms with van der Waals surface area (Å²) in [6.07, 6.45) is 0. The smallest absolute Gasteiger partial charge is 0.274 e. The average molecular weight is 394 g/mol. The number of rotatable bonds is 5. The highest BCUT2D eigenvalue weighted by Gasteiger charge is 2.25. The molecule has 1 aromatic heterocycles. The van der Waals surface area contributed by atoms with Crippen LogP contribution in [0.15, 0.2) is 36.4 Å². The molecule has 0 unspecified atom stereocenters. The van der Waals surface area contributed by atoms with Crippen molar-refractivity contribution in [3.8, 4) is 5.88 Å². The molecule has 0 radical (unpaired) electrons. The van der Waals surface area contributed by atoms with Gasteiger partial charge in [0.05, 0.1) is 11.6 Å². The van der Waals surface area contributed by atoms with Gasteiger partial charge in [0.1, 0.15) is 0 Å². The number of carbonyl (C=O) groups excluding carboxylic acids is 1. The second kappa shape index (κ2) is 8.71. The standard InChI is InChI=1S/C19H21Cl2N3O2/c1-2-26-17-7-6-16(21)18(22-17)19(25)24-10-8-23(9-11-24)13-14-4-3-5-15(20)12-14/h3-7,12H,2,8-11,13H2,1H3. The number of benzene rings is 1. The molecule has 7 heteroatoms. The van der Waals surface area contributed by atoms with Gasteiger partial charge in [0, 0.05) is 43.8 Å². The highest BCUT2D eigenvalue weighted by molar-refractivity contribution is 6.33. The molecule has 2 heterocycles. The molecule has 26 heavy (non-hydrogen) atoms. The number of hydrogen-bond acceptors (Lipinski definition) is 4. The van der Waals surface area contributed by atoms with Gasteiger partial charge in [-0.2, -0.15) is 0 Å². The Labute approximate surface area is 163 Å². The molecule has 0 saturated carbocycles. The largest absolute Gasteiger partial charge is 0.478 e. The van der Waals surface area contributed by atoms with E-state index in [2.05, 4.69) is 16.0 Å². The van der Waals surface area contributed by atoms with Crippen LogP contribution in [0.25, 0.3) is 0 Å². The molecule has 5 nitrogen and oxygen atoms in total. The van der Waals surface area contributed by atoms with Crippen molar-refractivity contribution in [3.63, 3.8) is 0 Å². The summed E-state index contributed by atoms with van der Waals surface area (Å²) in [6.45, 7) is 6.04. The number of aromatic nitrogens is 1. The van der Waals surface area contributed by atoms with Crippen LogP contribution in [-0.4, -0.2) is 53.5 Å². The Morgan fingerprint density at radius 2 is 1.92 bits per heavy atom. The van der Waals surface area contributed by atoms with E-state index in [1.807, 2.05) is 25.1 Å². The minimum atomic E-state index is -0.154. The Balaban J connectivity index is 1.61. The fourth-order valence-electron chi connectivity index (χ4n) is 2.95. The molecule has 0 bridgehead atoms. The van der Waals surface area contributed by atoms with E-state index < -0.39 is 0 Å². The Hall–Kier alpha value is -1.82. The summed E-state index contributed by atoms with van der Waals surface area (Å²) in [5, 5.41) is 1.09. The van der Waals surface area contributed by atoms with Gasteiger partial charge >= 0.3 is 0 Å². The van der Waals surface area contributed by atoms with Crippen LogP contribution in [0.1, 0.15) is 23.0 Å². The Bertz CT molecular complexity index is 777. The molecule has 0 N–H and O–H groups in total. The Kier molecular flexibility index (Phi) is 6.35. The molecular formula is C19H21Cl2N3O2. The van der Waals surface area contributed by atoms with E-state index in [-0.39, 0.29) is 11.6 Å². The zero-order valence-corrected chi connectivity index (χ0v) is 16.1. The lowest BCUT2D eigenvalue weighted by atomic mass is 10.2. The molecule has 0 spiro atoms. The zero-order chi connectivity index (χ0) is 18.5. The van der Waals surface area contributed by atoms with Crippen LogP contribution in [0.4, 0.5) is 0 Å². The predicted octanol–water partition coefficient (Wildman–Crippen LogP) is 3.75. The number of amides is 1. The minimum Gasteiger partial charge on any atom is -0.478 e. The van der Waals surface area contributed by atoms with Gasteiger partial charge in [0.15, 0.2) is 5.69 Å². The van der Waals surface area contributed by atoms with Crippen LogP contribution >= 0.6 is 23.2 Å². The summed E-state index contributed by atoms with van der Waals surface area (Å²) in [6, 6.07) is 11.2. The Morgan fingerprint density at radius 3 is 2.62 bits per heavy atom. The molecule has 3 rings (SSSR count). The molecule has 0 atom stereocenters. The molecule has 2 aromatic rings. The number of pyridine rings is 1. The van der Waals surface area contributed by atoms with Gasteiger partial charge in [-0.25, -0.2) is 4.98 Å². The number of hydrogen-bond donors (Lipinski definition) is 0. The van der Waals surface area contributed by atoms with Gasteiger partial charge in [-0.3, -0.25) is 9.69 Å². The van der Waals surface area contributed by atoms with Crippen LogP contribution in [0.3, 0.4) is 0 Å². The summed E-state index contributed by atoms with van der Waals surface area (Å²) < 4.78 is 5.37. The van der Waals surface area contributed by atoms with Gasteiger partial charge in [-0.15, -0.1) is 0 Å². The summed E-state index contributed by atoms with van der Waals surface area (Å²) >= 11 is 12.2. The van der Waals surface area contributed by atoms with E-state index >= 15 is 0 Å². The highest BCUT2D eigenvalue weighted by atomic mass is 35.5. The first-order valence-electron chi connectivity index (χ1n) is 8.62. The van der Waals surface area contributed by atoms with Gasteiger partial charge in [-0.05, 0) is 30.7 Å². The third kappa shape index (κ3) is 4.67. The lowest BCUT2D eigenvalue weighted by molar-refractivity contribution is 0.0622. The summed E-state index contributed by atoms with van der Waals surface area (Å²) in [5.74, 6) is 0.263. The van der Waals surface area contributed by atoms with Crippen molar-refractivity contribution in [2.24, 2.45) is 0 Å². The van der Waals surface area contributed by atoms with E-state index in [9.17, 15) is 4.79 Å². The molecule has 1 saturated heterocycles. The normalized spacial score (nSPS) is 15.1. The lowest BCUT2D eigenvalue weighted by Crippen LogP contribution is -2.48. The van der Waals surface area contributed by atoms with Gasteiger partial charge in [-0.1, -0.05) is 35.3 Å². The number of halogens is 2. The van der Waals surface area contributed by atoms with Crippen molar-refractivity contribution < 1.29 is 9.53 Å². The van der Waals surface area contributed by atoms with E-state index in [0.717, 1.165) is 24.7 Å². The van der Waals surface area contributed by atoms with E-state index in [0.29, 0.717) is 30.6 Å². The van der Waals surface area contributed by atoms with Crippen molar-refractivity contribution in [1.29, 1.82) is 0 Å². The van der Waals surface area contributed by atoms with Crippen LogP contribution in [-0.2, 0) is 6.54 Å². The lowest BCUT2D eigenvalue weighted by Gasteiger charge is -2.34. The maximum absolute atomic E-state index is 12.8. The van der Waals surface area contributed by atoms with Crippen molar-refractivity contribution in [1.82, 2.24) is 14.8 Å². The molecule has 1 aromatic carbocycles. The third-order valence-electron chi connectivity index (χ3n) is 4.27. The number of nitrogens with zero attached hydrogens (tertiary/aromatic N) is 3. The van der Waals surface area contributed by atoms with Crippen LogP contribution in [0, 0.1) is 0 Å². The molecular weight excluding hydrogens is 373 g/mol. The first-order chi connectivity index (χ1) is 12.6. The first-order valence-corrected chi connectivity index (χ1v) is 9.38. The number of piperazine rings is 1. The first kappa shape index (κ1) is 19.0. The third-order valence-corrected chi connectivity index (χ3v) is 4.81. The summed E-state index contributed by atoms with van der Waals surface area (Å²) in [7, 11) is 0. The second-order valence-corrected chi connectivity index (χ2v) is 6.95. The fourth-order valence-corrected chi connectivity index (χ4v) is 3.35. The molecule has 1 amide bonds. The SMILES string of the molecule is CCOc1ccc(Cl)c(C(=O)N2CCN(Cc3cccc(Cl)c3)CC2)n1. The van der Waals surface area contributed by atoms with Crippen molar-refractivity contribution >= 4 is 29.1 Å². The quantitative estimate of drug-likeness (QED) is 0.775. The van der Waals surface area contributed by atoms with Crippen LogP contribution < -0.4 is 4.74 Å². The summed E-state index contributed by atoms with van der Waals surface area (Å²) in [4.78, 5) is 21.1. The van der Waals surface area contributed by atoms with Crippen LogP contribution in [0.5, 0.6) is 5.88 Å². The Morgan fingerprint density at radius 1 is 1.15 bits per heavy atom. The highest BCUT2D eigenvalue weighted by Crippen LogP contribution is 2.21. The van der Waals surface area contributed by atoms with Crippen molar-refractivity contribution in [2.45, 2.75) is 13.5 Å². The topological polar surface area (TPSA) is 45.7 Å². The molecule has 138 valence electrons. The average Bonchev–Trinajstić information content (AvgIpc) is 2.64. The molecule has 1 aliphatic rings. The number of carbonyl (C=O) groups is 1. The van der Waals surface area contributed by atoms with E-state index in [1.54, 1.807) is 17.0 Å². The predicted molar refractivity (Wildman–Crippen MR) is 103 cm³/mol. The van der Waals surface area contributed by atoms with E-state index in [1.165, 1.54) is 5.56 Å². The van der Waals surface area contributed by atoms with Crippen molar-refractivity contribution in [3.05, 3.63) is 57.7 Å². The molecule has 1 aliphatic heterocycles. The summed E-state index contributed by atoms with van der Waals surface area (Å²) in [5.41, 5.74) is 1.42. The maximum Gasteiger partial charge on any atom is 0.274 e. The van der Waals surface area contributed by atoms with Gasteiger partial charge in [0.25, 0.3) is 5.91 Å². The van der Waals surface area contributed by atoms with Gasteiger partial charge < -0.3 is 9.64 Å². The second-order valence-electron chi connectivity index (χ2n) is 6.11. The van der Waals surface area contributed by atoms with Crippen molar-refractivity contribution in [2.75, 3.05) is 32.8 Å². The maximum atomic E-state index is 12.8. The van der Waals surface area contributed by atoms with Crippen LogP contribution in [0.2, 0.25) is 10.0 Å². The minimum absolute atomic E-state index is 0.154. The fraction of sp³-hybridized carbons (Fsp3) is 0.368. The van der Waals surface area contributed by atoms with E-state index in [4.69, 9.17) is 27.9 Å². The monoisotopic (exact) mass is 393 g/mol. The molecule has 1 fully saturated rings.